The Morgan fingerprint density at radius 2 is 1.90 bits per heavy atom. The Labute approximate surface area is 225 Å². The number of hydrogen-bond acceptors (Lipinski definition) is 7. The van der Waals surface area contributed by atoms with Crippen molar-refractivity contribution in [1.82, 2.24) is 29.6 Å². The molecule has 4 aromatic rings. The minimum atomic E-state index is -4.58. The molecule has 1 aliphatic heterocycles. The Morgan fingerprint density at radius 3 is 2.60 bits per heavy atom. The molecule has 0 radical (unpaired) electrons. The summed E-state index contributed by atoms with van der Waals surface area (Å²) in [6, 6.07) is 8.38. The number of nitrogen functional groups attached to an aromatic ring is 1. The SMILES string of the molecule is C=CC(=O)N1CC2CC1C(n1nc(-c3cccc(C(=O)Nc4ccc(C(F)(F)F)nc4)c3)c3c(N)ncnc31)C2. The maximum absolute atomic E-state index is 13.0. The number of nitrogens with zero attached hydrogens (tertiary/aromatic N) is 6. The number of carbonyl (C=O) groups excluding carboxylic acids is 2. The molecule has 2 fully saturated rings. The number of alkyl halides is 3. The standard InChI is InChI=1S/C27H23F3N8O2/c1-2-21(39)37-12-14-8-18(37)19(9-14)38-25-22(24(31)33-13-34-25)23(36-38)15-4-3-5-16(10-15)26(40)35-17-6-7-20(32-11-17)27(28,29)30/h2-7,10-11,13-14,18-19H,1,8-9,12H2,(H,35,40)(H2,31,33,34). The van der Waals surface area contributed by atoms with Crippen molar-refractivity contribution in [1.29, 1.82) is 0 Å². The Bertz CT molecular complexity index is 1650. The average Bonchev–Trinajstić information content (AvgIpc) is 3.66. The average molecular weight is 549 g/mol. The summed E-state index contributed by atoms with van der Waals surface area (Å²) in [5.74, 6) is -0.0976. The first kappa shape index (κ1) is 25.5. The first-order valence-corrected chi connectivity index (χ1v) is 12.5. The van der Waals surface area contributed by atoms with Crippen molar-refractivity contribution >= 4 is 34.4 Å². The summed E-state index contributed by atoms with van der Waals surface area (Å²) in [6.07, 6.45) is 0.744. The minimum absolute atomic E-state index is 0.0582. The van der Waals surface area contributed by atoms with Crippen molar-refractivity contribution < 1.29 is 22.8 Å². The van der Waals surface area contributed by atoms with Crippen molar-refractivity contribution in [2.45, 2.75) is 31.1 Å². The van der Waals surface area contributed by atoms with Crippen LogP contribution in [0.2, 0.25) is 0 Å². The lowest BCUT2D eigenvalue weighted by atomic mass is 10.1. The smallest absolute Gasteiger partial charge is 0.383 e. The highest BCUT2D eigenvalue weighted by atomic mass is 19.4. The van der Waals surface area contributed by atoms with E-state index in [-0.39, 0.29) is 35.1 Å². The van der Waals surface area contributed by atoms with Crippen LogP contribution in [0.15, 0.2) is 61.6 Å². The molecular weight excluding hydrogens is 525 g/mol. The monoisotopic (exact) mass is 548 g/mol. The number of nitrogens with two attached hydrogens (primary N) is 1. The quantitative estimate of drug-likeness (QED) is 0.359. The molecule has 4 heterocycles. The van der Waals surface area contributed by atoms with Crippen LogP contribution in [-0.2, 0) is 11.0 Å². The molecule has 2 aliphatic rings. The highest BCUT2D eigenvalue weighted by Crippen LogP contribution is 2.46. The van der Waals surface area contributed by atoms with Crippen LogP contribution in [0.4, 0.5) is 24.7 Å². The molecule has 3 N–H and O–H groups in total. The van der Waals surface area contributed by atoms with Gasteiger partial charge in [0.25, 0.3) is 5.91 Å². The van der Waals surface area contributed by atoms with Crippen molar-refractivity contribution in [3.8, 4) is 11.3 Å². The third-order valence-electron chi connectivity index (χ3n) is 7.45. The topological polar surface area (TPSA) is 132 Å². The van der Waals surface area contributed by atoms with Gasteiger partial charge in [-0.05, 0) is 49.1 Å². The largest absolute Gasteiger partial charge is 0.433 e. The number of likely N-dealkylation sites (tertiary alicyclic amines) is 1. The zero-order valence-electron chi connectivity index (χ0n) is 21.0. The van der Waals surface area contributed by atoms with Crippen LogP contribution in [0.1, 0.15) is 34.9 Å². The molecule has 1 aromatic carbocycles. The predicted molar refractivity (Wildman–Crippen MR) is 140 cm³/mol. The van der Waals surface area contributed by atoms with Crippen molar-refractivity contribution in [3.63, 3.8) is 0 Å². The Balaban J connectivity index is 1.33. The number of rotatable bonds is 5. The van der Waals surface area contributed by atoms with E-state index < -0.39 is 17.8 Å². The van der Waals surface area contributed by atoms with E-state index in [0.717, 1.165) is 31.2 Å². The van der Waals surface area contributed by atoms with Crippen LogP contribution in [0.5, 0.6) is 0 Å². The van der Waals surface area contributed by atoms with E-state index in [2.05, 4.69) is 26.8 Å². The second-order valence-corrected chi connectivity index (χ2v) is 9.88. The summed E-state index contributed by atoms with van der Waals surface area (Å²) in [5, 5.41) is 7.97. The summed E-state index contributed by atoms with van der Waals surface area (Å²) in [4.78, 5) is 39.2. The van der Waals surface area contributed by atoms with Crippen LogP contribution >= 0.6 is 0 Å². The number of nitrogens with one attached hydrogen (secondary N) is 1. The van der Waals surface area contributed by atoms with Crippen LogP contribution in [-0.4, -0.2) is 54.0 Å². The van der Waals surface area contributed by atoms with Gasteiger partial charge in [-0.25, -0.2) is 19.6 Å². The van der Waals surface area contributed by atoms with Crippen LogP contribution in [0, 0.1) is 5.92 Å². The van der Waals surface area contributed by atoms with Crippen LogP contribution < -0.4 is 11.1 Å². The number of anilines is 2. The van der Waals surface area contributed by atoms with Gasteiger partial charge >= 0.3 is 6.18 Å². The fourth-order valence-corrected chi connectivity index (χ4v) is 5.70. The van der Waals surface area contributed by atoms with E-state index in [0.29, 0.717) is 34.8 Å². The van der Waals surface area contributed by atoms with Gasteiger partial charge < -0.3 is 16.0 Å². The summed E-state index contributed by atoms with van der Waals surface area (Å²) in [5.41, 5.74) is 7.16. The van der Waals surface area contributed by atoms with Gasteiger partial charge in [0.05, 0.1) is 29.4 Å². The van der Waals surface area contributed by atoms with Gasteiger partial charge in [-0.2, -0.15) is 18.3 Å². The van der Waals surface area contributed by atoms with E-state index in [1.807, 2.05) is 4.90 Å². The number of piperidine rings is 1. The molecule has 3 atom stereocenters. The molecule has 1 saturated heterocycles. The summed E-state index contributed by atoms with van der Waals surface area (Å²) in [6.45, 7) is 4.30. The molecule has 10 nitrogen and oxygen atoms in total. The molecular formula is C27H23F3N8O2. The summed E-state index contributed by atoms with van der Waals surface area (Å²) in [7, 11) is 0. The van der Waals surface area contributed by atoms with E-state index in [1.54, 1.807) is 28.9 Å². The zero-order valence-corrected chi connectivity index (χ0v) is 21.0. The molecule has 1 saturated carbocycles. The van der Waals surface area contributed by atoms with Crippen LogP contribution in [0.3, 0.4) is 0 Å². The number of benzene rings is 1. The Morgan fingerprint density at radius 1 is 1.10 bits per heavy atom. The fourth-order valence-electron chi connectivity index (χ4n) is 5.70. The highest BCUT2D eigenvalue weighted by Gasteiger charge is 2.48. The number of halogens is 3. The second-order valence-electron chi connectivity index (χ2n) is 9.88. The van der Waals surface area contributed by atoms with Crippen molar-refractivity contribution in [2.75, 3.05) is 17.6 Å². The minimum Gasteiger partial charge on any atom is -0.383 e. The van der Waals surface area contributed by atoms with Crippen molar-refractivity contribution in [2.24, 2.45) is 5.92 Å². The molecule has 13 heteroatoms. The summed E-state index contributed by atoms with van der Waals surface area (Å²) >= 11 is 0. The maximum Gasteiger partial charge on any atom is 0.433 e. The lowest BCUT2D eigenvalue weighted by Gasteiger charge is -2.32. The van der Waals surface area contributed by atoms with Gasteiger partial charge in [-0.15, -0.1) is 0 Å². The molecule has 2 amide bonds. The summed E-state index contributed by atoms with van der Waals surface area (Å²) < 4.78 is 40.2. The van der Waals surface area contributed by atoms with Gasteiger partial charge in [-0.3, -0.25) is 9.59 Å². The van der Waals surface area contributed by atoms with Crippen molar-refractivity contribution in [3.05, 3.63) is 72.8 Å². The zero-order chi connectivity index (χ0) is 28.2. The molecule has 40 heavy (non-hydrogen) atoms. The van der Waals surface area contributed by atoms with Gasteiger partial charge in [0, 0.05) is 17.7 Å². The number of hydrogen-bond donors (Lipinski definition) is 2. The number of aromatic nitrogens is 5. The molecule has 6 rings (SSSR count). The number of amides is 2. The number of pyridine rings is 1. The maximum atomic E-state index is 13.0. The fraction of sp³-hybridized carbons (Fsp3) is 0.259. The Hall–Kier alpha value is -4.81. The molecule has 3 unspecified atom stereocenters. The molecule has 1 aliphatic carbocycles. The lowest BCUT2D eigenvalue weighted by Crippen LogP contribution is -2.42. The van der Waals surface area contributed by atoms with Gasteiger partial charge in [0.15, 0.2) is 5.65 Å². The van der Waals surface area contributed by atoms with Gasteiger partial charge in [0.2, 0.25) is 5.91 Å². The third kappa shape index (κ3) is 4.32. The number of fused-ring (bicyclic) bond motifs is 3. The second kappa shape index (κ2) is 9.43. The molecule has 2 bridgehead atoms. The highest BCUT2D eigenvalue weighted by molar-refractivity contribution is 6.06. The van der Waals surface area contributed by atoms with E-state index in [1.165, 1.54) is 12.4 Å². The lowest BCUT2D eigenvalue weighted by molar-refractivity contribution is -0.141. The Kier molecular flexibility index (Phi) is 6.01. The van der Waals surface area contributed by atoms with Gasteiger partial charge in [-0.1, -0.05) is 18.7 Å². The third-order valence-corrected chi connectivity index (χ3v) is 7.45. The molecule has 0 spiro atoms. The predicted octanol–water partition coefficient (Wildman–Crippen LogP) is 4.09. The molecule has 204 valence electrons. The van der Waals surface area contributed by atoms with E-state index >= 15 is 0 Å². The van der Waals surface area contributed by atoms with E-state index in [9.17, 15) is 22.8 Å². The normalized spacial score (nSPS) is 20.2. The molecule has 3 aromatic heterocycles. The van der Waals surface area contributed by atoms with Crippen LogP contribution in [0.25, 0.3) is 22.3 Å². The number of carbonyl (C=O) groups is 2. The van der Waals surface area contributed by atoms with E-state index in [4.69, 9.17) is 10.8 Å². The first-order chi connectivity index (χ1) is 19.1. The first-order valence-electron chi connectivity index (χ1n) is 12.5. The van der Waals surface area contributed by atoms with Gasteiger partial charge in [0.1, 0.15) is 23.5 Å².